The van der Waals surface area contributed by atoms with E-state index in [4.69, 9.17) is 0 Å². The van der Waals surface area contributed by atoms with Crippen LogP contribution in [0.5, 0.6) is 0 Å². The third kappa shape index (κ3) is 3.02. The zero-order chi connectivity index (χ0) is 14.7. The molecule has 1 aromatic carbocycles. The van der Waals surface area contributed by atoms with E-state index in [0.29, 0.717) is 5.69 Å². The minimum absolute atomic E-state index is 0.148. The molecule has 2 heterocycles. The molecule has 0 saturated carbocycles. The van der Waals surface area contributed by atoms with Gasteiger partial charge in [0, 0.05) is 43.3 Å². The predicted molar refractivity (Wildman–Crippen MR) is 87.7 cm³/mol. The summed E-state index contributed by atoms with van der Waals surface area (Å²) in [5.41, 5.74) is 1.88. The number of benzene rings is 1. The summed E-state index contributed by atoms with van der Waals surface area (Å²) in [7, 11) is 0. The summed E-state index contributed by atoms with van der Waals surface area (Å²) in [6, 6.07) is 11.0. The molecule has 1 saturated heterocycles. The van der Waals surface area contributed by atoms with E-state index in [1.807, 2.05) is 24.4 Å². The van der Waals surface area contributed by atoms with Crippen LogP contribution in [0.25, 0.3) is 0 Å². The lowest BCUT2D eigenvalue weighted by molar-refractivity contribution is 0.596. The van der Waals surface area contributed by atoms with Gasteiger partial charge in [0.25, 0.3) is 0 Å². The lowest BCUT2D eigenvalue weighted by Gasteiger charge is -2.37. The summed E-state index contributed by atoms with van der Waals surface area (Å²) in [6.07, 6.45) is 1.82. The smallest absolute Gasteiger partial charge is 0.146 e. The molecule has 0 aliphatic carbocycles. The molecule has 1 aliphatic heterocycles. The Hall–Kier alpha value is -1.62. The minimum Gasteiger partial charge on any atom is -0.366 e. The van der Waals surface area contributed by atoms with Gasteiger partial charge in [-0.1, -0.05) is 34.1 Å². The fourth-order valence-corrected chi connectivity index (χ4v) is 3.12. The maximum Gasteiger partial charge on any atom is 0.146 e. The van der Waals surface area contributed by atoms with E-state index < -0.39 is 0 Å². The first-order valence-corrected chi connectivity index (χ1v) is 8.16. The maximum atomic E-state index is 13.8. The zero-order valence-electron chi connectivity index (χ0n) is 11.7. The van der Waals surface area contributed by atoms with Crippen LogP contribution in [0.1, 0.15) is 5.56 Å². The average molecular weight is 350 g/mol. The van der Waals surface area contributed by atoms with Crippen LogP contribution >= 0.6 is 15.9 Å². The van der Waals surface area contributed by atoms with E-state index in [2.05, 4.69) is 36.8 Å². The highest BCUT2D eigenvalue weighted by molar-refractivity contribution is 9.08. The summed E-state index contributed by atoms with van der Waals surface area (Å²) in [4.78, 5) is 8.86. The third-order valence-electron chi connectivity index (χ3n) is 3.78. The largest absolute Gasteiger partial charge is 0.366 e. The van der Waals surface area contributed by atoms with E-state index in [-0.39, 0.29) is 5.82 Å². The minimum atomic E-state index is -0.148. The van der Waals surface area contributed by atoms with Gasteiger partial charge >= 0.3 is 0 Å². The van der Waals surface area contributed by atoms with E-state index in [0.717, 1.165) is 37.3 Å². The molecule has 0 atom stereocenters. The molecule has 1 aliphatic rings. The predicted octanol–water partition coefficient (Wildman–Crippen LogP) is 3.44. The Kier molecular flexibility index (Phi) is 4.39. The molecule has 0 spiro atoms. The second-order valence-electron chi connectivity index (χ2n) is 5.05. The van der Waals surface area contributed by atoms with Crippen LogP contribution in [0.4, 0.5) is 15.9 Å². The van der Waals surface area contributed by atoms with Gasteiger partial charge in [-0.15, -0.1) is 0 Å². The zero-order valence-corrected chi connectivity index (χ0v) is 13.3. The van der Waals surface area contributed by atoms with Gasteiger partial charge in [0.2, 0.25) is 0 Å². The number of halogens is 2. The third-order valence-corrected chi connectivity index (χ3v) is 4.39. The highest BCUT2D eigenvalue weighted by Gasteiger charge is 2.21. The van der Waals surface area contributed by atoms with Gasteiger partial charge in [0.05, 0.1) is 5.69 Å². The molecule has 3 rings (SSSR count). The molecular weight excluding hydrogens is 333 g/mol. The molecule has 2 aromatic rings. The molecule has 0 N–H and O–H groups in total. The first-order valence-electron chi connectivity index (χ1n) is 7.04. The van der Waals surface area contributed by atoms with E-state index >= 15 is 0 Å². The van der Waals surface area contributed by atoms with Crippen molar-refractivity contribution in [2.24, 2.45) is 0 Å². The summed E-state index contributed by atoms with van der Waals surface area (Å²) in [5.74, 6) is 0.882. The van der Waals surface area contributed by atoms with Crippen molar-refractivity contribution < 1.29 is 4.39 Å². The number of para-hydroxylation sites is 1. The number of rotatable bonds is 3. The Morgan fingerprint density at radius 3 is 2.43 bits per heavy atom. The molecule has 0 unspecified atom stereocenters. The van der Waals surface area contributed by atoms with E-state index in [1.165, 1.54) is 11.6 Å². The lowest BCUT2D eigenvalue weighted by Crippen LogP contribution is -2.47. The molecule has 0 bridgehead atoms. The summed E-state index contributed by atoms with van der Waals surface area (Å²) < 4.78 is 13.8. The number of pyridine rings is 1. The summed E-state index contributed by atoms with van der Waals surface area (Å²) in [5, 5.41) is 0.795. The molecule has 5 heteroatoms. The number of anilines is 2. The first kappa shape index (κ1) is 14.3. The van der Waals surface area contributed by atoms with E-state index in [9.17, 15) is 4.39 Å². The Morgan fingerprint density at radius 2 is 1.71 bits per heavy atom. The monoisotopic (exact) mass is 349 g/mol. The second-order valence-corrected chi connectivity index (χ2v) is 5.61. The molecule has 0 amide bonds. The van der Waals surface area contributed by atoms with Gasteiger partial charge in [-0.2, -0.15) is 0 Å². The standard InChI is InChI=1S/C16H17BrFN3/c17-12-13-4-3-7-19-16(13)21-10-8-20(9-11-21)15-6-2-1-5-14(15)18/h1-7H,8-12H2. The Labute approximate surface area is 132 Å². The van der Waals surface area contributed by atoms with Crippen LogP contribution in [-0.4, -0.2) is 31.2 Å². The number of alkyl halides is 1. The molecular formula is C16H17BrFN3. The van der Waals surface area contributed by atoms with Crippen LogP contribution in [-0.2, 0) is 5.33 Å². The van der Waals surface area contributed by atoms with Crippen molar-refractivity contribution >= 4 is 27.4 Å². The van der Waals surface area contributed by atoms with Gasteiger partial charge < -0.3 is 9.80 Å². The van der Waals surface area contributed by atoms with Gasteiger partial charge in [-0.3, -0.25) is 0 Å². The summed E-state index contributed by atoms with van der Waals surface area (Å²) in [6.45, 7) is 3.31. The molecule has 1 aromatic heterocycles. The highest BCUT2D eigenvalue weighted by Crippen LogP contribution is 2.24. The van der Waals surface area contributed by atoms with E-state index in [1.54, 1.807) is 6.07 Å². The fourth-order valence-electron chi connectivity index (χ4n) is 2.69. The highest BCUT2D eigenvalue weighted by atomic mass is 79.9. The molecule has 21 heavy (non-hydrogen) atoms. The SMILES string of the molecule is Fc1ccccc1N1CCN(c2ncccc2CBr)CC1. The van der Waals surface area contributed by atoms with Crippen LogP contribution in [0.2, 0.25) is 0 Å². The number of nitrogens with zero attached hydrogens (tertiary/aromatic N) is 3. The average Bonchev–Trinajstić information content (AvgIpc) is 2.55. The Morgan fingerprint density at radius 1 is 1.00 bits per heavy atom. The lowest BCUT2D eigenvalue weighted by atomic mass is 10.2. The topological polar surface area (TPSA) is 19.4 Å². The second kappa shape index (κ2) is 6.43. The van der Waals surface area contributed by atoms with Gasteiger partial charge in [0.15, 0.2) is 0 Å². The number of hydrogen-bond donors (Lipinski definition) is 0. The molecule has 3 nitrogen and oxygen atoms in total. The Bertz CT molecular complexity index is 612. The molecule has 0 radical (unpaired) electrons. The van der Waals surface area contributed by atoms with Crippen LogP contribution in [0.15, 0.2) is 42.6 Å². The van der Waals surface area contributed by atoms with Crippen LogP contribution < -0.4 is 9.80 Å². The van der Waals surface area contributed by atoms with Crippen molar-refractivity contribution in [3.63, 3.8) is 0 Å². The van der Waals surface area contributed by atoms with Crippen molar-refractivity contribution in [2.45, 2.75) is 5.33 Å². The van der Waals surface area contributed by atoms with Gasteiger partial charge in [-0.05, 0) is 18.2 Å². The van der Waals surface area contributed by atoms with Crippen molar-refractivity contribution in [2.75, 3.05) is 36.0 Å². The molecule has 110 valence electrons. The summed E-state index contributed by atoms with van der Waals surface area (Å²) >= 11 is 3.51. The number of hydrogen-bond acceptors (Lipinski definition) is 3. The quantitative estimate of drug-likeness (QED) is 0.791. The fraction of sp³-hybridized carbons (Fsp3) is 0.312. The van der Waals surface area contributed by atoms with Crippen molar-refractivity contribution in [3.8, 4) is 0 Å². The van der Waals surface area contributed by atoms with Crippen LogP contribution in [0, 0.1) is 5.82 Å². The molecule has 1 fully saturated rings. The van der Waals surface area contributed by atoms with Crippen molar-refractivity contribution in [1.82, 2.24) is 4.98 Å². The van der Waals surface area contributed by atoms with Gasteiger partial charge in [-0.25, -0.2) is 9.37 Å². The number of piperazine rings is 1. The first-order chi connectivity index (χ1) is 10.3. The van der Waals surface area contributed by atoms with Crippen molar-refractivity contribution in [1.29, 1.82) is 0 Å². The number of aromatic nitrogens is 1. The Balaban J connectivity index is 1.72. The maximum absolute atomic E-state index is 13.8. The van der Waals surface area contributed by atoms with Crippen LogP contribution in [0.3, 0.4) is 0 Å². The van der Waals surface area contributed by atoms with Crippen molar-refractivity contribution in [3.05, 3.63) is 54.0 Å². The normalized spacial score (nSPS) is 15.3. The van der Waals surface area contributed by atoms with Gasteiger partial charge in [0.1, 0.15) is 11.6 Å².